The first kappa shape index (κ1) is 6.35. The van der Waals surface area contributed by atoms with Gasteiger partial charge >= 0.3 is 0 Å². The number of rotatable bonds is 1. The lowest BCUT2D eigenvalue weighted by atomic mass is 10.2. The quantitative estimate of drug-likeness (QED) is 0.604. The summed E-state index contributed by atoms with van der Waals surface area (Å²) >= 11 is 1.81. The fourth-order valence-corrected chi connectivity index (χ4v) is 2.05. The Hall–Kier alpha value is -0.370. The Balaban J connectivity index is 2.34. The maximum atomic E-state index is 4.46. The van der Waals surface area contributed by atoms with Crippen LogP contribution in [-0.4, -0.2) is 4.98 Å². The topological polar surface area (TPSA) is 12.9 Å². The van der Waals surface area contributed by atoms with Crippen LogP contribution in [0.4, 0.5) is 0 Å². The summed E-state index contributed by atoms with van der Waals surface area (Å²) in [6.07, 6.45) is 2.67. The van der Waals surface area contributed by atoms with E-state index in [0.717, 1.165) is 0 Å². The third-order valence-corrected chi connectivity index (χ3v) is 3.40. The van der Waals surface area contributed by atoms with Crippen LogP contribution >= 0.6 is 11.3 Å². The summed E-state index contributed by atoms with van der Waals surface area (Å²) in [6.45, 7) is 4.36. The number of hydrogen-bond donors (Lipinski definition) is 0. The summed E-state index contributed by atoms with van der Waals surface area (Å²) in [5, 5.41) is 3.48. The normalized spacial score (nSPS) is 21.0. The highest BCUT2D eigenvalue weighted by atomic mass is 32.1. The molecule has 1 aliphatic carbocycles. The van der Waals surface area contributed by atoms with Crippen LogP contribution in [0.2, 0.25) is 0 Å². The lowest BCUT2D eigenvalue weighted by Gasteiger charge is -1.99. The van der Waals surface area contributed by atoms with Crippen LogP contribution in [0, 0.1) is 6.92 Å². The van der Waals surface area contributed by atoms with Gasteiger partial charge in [-0.15, -0.1) is 11.3 Å². The van der Waals surface area contributed by atoms with Crippen molar-refractivity contribution in [2.45, 2.75) is 32.1 Å². The van der Waals surface area contributed by atoms with Gasteiger partial charge in [-0.05, 0) is 19.8 Å². The summed E-state index contributed by atoms with van der Waals surface area (Å²) in [5.41, 5.74) is 1.65. The van der Waals surface area contributed by atoms with Gasteiger partial charge in [0, 0.05) is 16.5 Å². The molecule has 0 radical (unpaired) electrons. The summed E-state index contributed by atoms with van der Waals surface area (Å²) in [4.78, 5) is 4.46. The molecule has 0 saturated heterocycles. The molecule has 2 heteroatoms. The molecule has 0 unspecified atom stereocenters. The van der Waals surface area contributed by atoms with Crippen molar-refractivity contribution < 1.29 is 0 Å². The molecule has 10 heavy (non-hydrogen) atoms. The minimum Gasteiger partial charge on any atom is -0.246 e. The molecular formula is C8H11NS. The summed E-state index contributed by atoms with van der Waals surface area (Å²) < 4.78 is 0. The van der Waals surface area contributed by atoms with Crippen molar-refractivity contribution in [1.29, 1.82) is 0 Å². The van der Waals surface area contributed by atoms with Gasteiger partial charge in [-0.3, -0.25) is 0 Å². The van der Waals surface area contributed by atoms with Gasteiger partial charge in [-0.25, -0.2) is 4.98 Å². The molecule has 1 aliphatic rings. The molecule has 54 valence electrons. The summed E-state index contributed by atoms with van der Waals surface area (Å²) in [7, 11) is 0. The third-order valence-electron chi connectivity index (χ3n) is 2.14. The monoisotopic (exact) mass is 153 g/mol. The third kappa shape index (κ3) is 0.870. The van der Waals surface area contributed by atoms with Gasteiger partial charge in [-0.2, -0.15) is 0 Å². The van der Waals surface area contributed by atoms with Crippen LogP contribution in [0.5, 0.6) is 0 Å². The molecule has 0 bridgehead atoms. The smallest absolute Gasteiger partial charge is 0.0987 e. The van der Waals surface area contributed by atoms with E-state index in [2.05, 4.69) is 24.2 Å². The van der Waals surface area contributed by atoms with Gasteiger partial charge in [0.15, 0.2) is 0 Å². The molecule has 0 atom stereocenters. The van der Waals surface area contributed by atoms with Crippen LogP contribution in [0.1, 0.15) is 30.5 Å². The number of aryl methyl sites for hydroxylation is 1. The Labute approximate surface area is 65.1 Å². The second-order valence-corrected chi connectivity index (χ2v) is 4.21. The van der Waals surface area contributed by atoms with Gasteiger partial charge in [0.25, 0.3) is 0 Å². The lowest BCUT2D eigenvalue weighted by Crippen LogP contribution is -1.97. The van der Waals surface area contributed by atoms with Gasteiger partial charge < -0.3 is 0 Å². The molecule has 0 aromatic carbocycles. The Morgan fingerprint density at radius 3 is 2.70 bits per heavy atom. The highest BCUT2D eigenvalue weighted by Crippen LogP contribution is 2.48. The van der Waals surface area contributed by atoms with E-state index in [-0.39, 0.29) is 0 Å². The number of aromatic nitrogens is 1. The van der Waals surface area contributed by atoms with E-state index in [1.807, 2.05) is 11.3 Å². The highest BCUT2D eigenvalue weighted by Gasteiger charge is 2.41. The minimum atomic E-state index is 0.471. The van der Waals surface area contributed by atoms with Gasteiger partial charge in [-0.1, -0.05) is 6.92 Å². The lowest BCUT2D eigenvalue weighted by molar-refractivity contribution is 0.773. The molecule has 1 fully saturated rings. The van der Waals surface area contributed by atoms with Gasteiger partial charge in [0.05, 0.1) is 5.01 Å². The molecule has 1 heterocycles. The Bertz CT molecular complexity index is 248. The van der Waals surface area contributed by atoms with Gasteiger partial charge in [0.2, 0.25) is 0 Å². The first-order valence-electron chi connectivity index (χ1n) is 3.63. The molecule has 1 nitrogen and oxygen atoms in total. The number of nitrogens with zero attached hydrogens (tertiary/aromatic N) is 1. The Kier molecular flexibility index (Phi) is 1.15. The van der Waals surface area contributed by atoms with Crippen molar-refractivity contribution in [2.24, 2.45) is 0 Å². The minimum absolute atomic E-state index is 0.471. The van der Waals surface area contributed by atoms with Crippen molar-refractivity contribution in [2.75, 3.05) is 0 Å². The van der Waals surface area contributed by atoms with Crippen molar-refractivity contribution in [1.82, 2.24) is 4.98 Å². The zero-order valence-electron chi connectivity index (χ0n) is 6.35. The molecule has 1 aromatic heterocycles. The maximum Gasteiger partial charge on any atom is 0.0987 e. The van der Waals surface area contributed by atoms with E-state index in [4.69, 9.17) is 0 Å². The molecule has 0 aliphatic heterocycles. The summed E-state index contributed by atoms with van der Waals surface area (Å²) in [6, 6.07) is 0. The Morgan fingerprint density at radius 1 is 1.60 bits per heavy atom. The molecule has 0 spiro atoms. The van der Waals surface area contributed by atoms with E-state index in [9.17, 15) is 0 Å². The predicted molar refractivity (Wildman–Crippen MR) is 43.4 cm³/mol. The largest absolute Gasteiger partial charge is 0.246 e. The van der Waals surface area contributed by atoms with Crippen molar-refractivity contribution in [3.05, 3.63) is 16.1 Å². The molecule has 2 rings (SSSR count). The number of thiazole rings is 1. The Morgan fingerprint density at radius 2 is 2.30 bits per heavy atom. The second kappa shape index (κ2) is 1.82. The fraction of sp³-hybridized carbons (Fsp3) is 0.625. The van der Waals surface area contributed by atoms with Crippen molar-refractivity contribution in [3.63, 3.8) is 0 Å². The van der Waals surface area contributed by atoms with Crippen LogP contribution in [0.3, 0.4) is 0 Å². The standard InChI is InChI=1S/C8H11NS/c1-6-5-10-7(9-6)8(2)3-4-8/h5H,3-4H2,1-2H3. The second-order valence-electron chi connectivity index (χ2n) is 3.35. The fourth-order valence-electron chi connectivity index (χ4n) is 1.03. The van der Waals surface area contributed by atoms with E-state index < -0.39 is 0 Å². The predicted octanol–water partition coefficient (Wildman–Crippen LogP) is 2.50. The van der Waals surface area contributed by atoms with E-state index >= 15 is 0 Å². The van der Waals surface area contributed by atoms with Crippen molar-refractivity contribution in [3.8, 4) is 0 Å². The van der Waals surface area contributed by atoms with Gasteiger partial charge in [0.1, 0.15) is 0 Å². The zero-order valence-corrected chi connectivity index (χ0v) is 7.16. The van der Waals surface area contributed by atoms with Crippen LogP contribution in [0.25, 0.3) is 0 Å². The van der Waals surface area contributed by atoms with E-state index in [0.29, 0.717) is 5.41 Å². The molecule has 0 amide bonds. The molecule has 1 aromatic rings. The van der Waals surface area contributed by atoms with E-state index in [1.54, 1.807) is 0 Å². The maximum absolute atomic E-state index is 4.46. The van der Waals surface area contributed by atoms with E-state index in [1.165, 1.54) is 23.5 Å². The first-order valence-corrected chi connectivity index (χ1v) is 4.51. The molecular weight excluding hydrogens is 142 g/mol. The highest BCUT2D eigenvalue weighted by molar-refractivity contribution is 7.09. The van der Waals surface area contributed by atoms with Crippen LogP contribution in [-0.2, 0) is 5.41 Å². The van der Waals surface area contributed by atoms with Crippen LogP contribution in [0.15, 0.2) is 5.38 Å². The van der Waals surface area contributed by atoms with Crippen LogP contribution < -0.4 is 0 Å². The molecule has 0 N–H and O–H groups in total. The summed E-state index contributed by atoms with van der Waals surface area (Å²) in [5.74, 6) is 0. The number of hydrogen-bond acceptors (Lipinski definition) is 2. The molecule has 1 saturated carbocycles. The van der Waals surface area contributed by atoms with Crippen molar-refractivity contribution >= 4 is 11.3 Å². The zero-order chi connectivity index (χ0) is 7.19. The first-order chi connectivity index (χ1) is 4.71. The average Bonchev–Trinajstić information content (AvgIpc) is 2.45. The average molecular weight is 153 g/mol. The SMILES string of the molecule is Cc1csc(C2(C)CC2)n1.